The van der Waals surface area contributed by atoms with E-state index in [1.165, 1.54) is 37.7 Å². The van der Waals surface area contributed by atoms with Gasteiger partial charge in [-0.15, -0.1) is 0 Å². The third-order valence-electron chi connectivity index (χ3n) is 3.73. The molecule has 18 heavy (non-hydrogen) atoms. The van der Waals surface area contributed by atoms with Crippen LogP contribution in [0.25, 0.3) is 6.08 Å². The van der Waals surface area contributed by atoms with Crippen molar-refractivity contribution >= 4 is 12.0 Å². The van der Waals surface area contributed by atoms with E-state index in [-0.39, 0.29) is 0 Å². The second-order valence-electron chi connectivity index (χ2n) is 5.13. The molecule has 0 aromatic heterocycles. The van der Waals surface area contributed by atoms with Gasteiger partial charge >= 0.3 is 5.97 Å². The normalized spacial score (nSPS) is 17.7. The molecule has 0 bridgehead atoms. The zero-order valence-electron chi connectivity index (χ0n) is 10.9. The van der Waals surface area contributed by atoms with Gasteiger partial charge in [-0.1, -0.05) is 43.5 Å². The van der Waals surface area contributed by atoms with Crippen molar-refractivity contribution in [2.75, 3.05) is 0 Å². The zero-order valence-corrected chi connectivity index (χ0v) is 10.9. The zero-order chi connectivity index (χ0) is 13.0. The molecule has 2 heteroatoms. The molecule has 1 aromatic rings. The summed E-state index contributed by atoms with van der Waals surface area (Å²) in [6.45, 7) is 1.62. The van der Waals surface area contributed by atoms with E-state index < -0.39 is 5.97 Å². The van der Waals surface area contributed by atoms with E-state index in [9.17, 15) is 4.79 Å². The van der Waals surface area contributed by atoms with Crippen molar-refractivity contribution in [2.24, 2.45) is 0 Å². The molecule has 0 saturated heterocycles. The number of benzene rings is 1. The lowest BCUT2D eigenvalue weighted by atomic mass is 9.84. The average Bonchev–Trinajstić information content (AvgIpc) is 2.40. The molecule has 2 rings (SSSR count). The lowest BCUT2D eigenvalue weighted by molar-refractivity contribution is -0.132. The van der Waals surface area contributed by atoms with Crippen molar-refractivity contribution in [3.8, 4) is 0 Å². The second-order valence-corrected chi connectivity index (χ2v) is 5.13. The van der Waals surface area contributed by atoms with E-state index in [1.807, 2.05) is 12.1 Å². The Morgan fingerprint density at radius 1 is 1.17 bits per heavy atom. The molecule has 0 aliphatic heterocycles. The van der Waals surface area contributed by atoms with Gasteiger partial charge < -0.3 is 5.11 Å². The highest BCUT2D eigenvalue weighted by Gasteiger charge is 2.14. The summed E-state index contributed by atoms with van der Waals surface area (Å²) in [5, 5.41) is 8.83. The molecule has 1 fully saturated rings. The quantitative estimate of drug-likeness (QED) is 0.808. The van der Waals surface area contributed by atoms with Crippen LogP contribution >= 0.6 is 0 Å². The van der Waals surface area contributed by atoms with Crippen molar-refractivity contribution in [1.29, 1.82) is 0 Å². The Morgan fingerprint density at radius 3 is 2.33 bits per heavy atom. The van der Waals surface area contributed by atoms with E-state index in [4.69, 9.17) is 5.11 Å². The lowest BCUT2D eigenvalue weighted by Crippen LogP contribution is -2.04. The number of carbonyl (C=O) groups is 1. The van der Waals surface area contributed by atoms with Gasteiger partial charge in [0.05, 0.1) is 0 Å². The van der Waals surface area contributed by atoms with Crippen LogP contribution in [0, 0.1) is 0 Å². The molecular formula is C16H20O2. The fourth-order valence-electron chi connectivity index (χ4n) is 2.61. The minimum absolute atomic E-state index is 0.375. The second kappa shape index (κ2) is 5.85. The smallest absolute Gasteiger partial charge is 0.331 e. The van der Waals surface area contributed by atoms with Crippen LogP contribution in [0.15, 0.2) is 29.8 Å². The fraction of sp³-hybridized carbons (Fsp3) is 0.438. The number of carboxylic acid groups (broad SMARTS) is 1. The summed E-state index contributed by atoms with van der Waals surface area (Å²) in [6, 6.07) is 8.35. The van der Waals surface area contributed by atoms with Gasteiger partial charge in [-0.25, -0.2) is 4.79 Å². The minimum atomic E-state index is -0.855. The first-order chi connectivity index (χ1) is 8.66. The van der Waals surface area contributed by atoms with Crippen molar-refractivity contribution in [3.05, 3.63) is 41.0 Å². The fourth-order valence-corrected chi connectivity index (χ4v) is 2.61. The summed E-state index contributed by atoms with van der Waals surface area (Å²) in [6.07, 6.45) is 8.35. The summed E-state index contributed by atoms with van der Waals surface area (Å²) in [7, 11) is 0. The maximum absolute atomic E-state index is 10.7. The van der Waals surface area contributed by atoms with Crippen LogP contribution in [-0.4, -0.2) is 11.1 Å². The Labute approximate surface area is 108 Å². The monoisotopic (exact) mass is 244 g/mol. The van der Waals surface area contributed by atoms with Crippen molar-refractivity contribution in [2.45, 2.75) is 44.9 Å². The third kappa shape index (κ3) is 3.22. The third-order valence-corrected chi connectivity index (χ3v) is 3.73. The average molecular weight is 244 g/mol. The van der Waals surface area contributed by atoms with E-state index in [0.717, 1.165) is 5.56 Å². The lowest BCUT2D eigenvalue weighted by Gasteiger charge is -2.21. The van der Waals surface area contributed by atoms with E-state index >= 15 is 0 Å². The maximum Gasteiger partial charge on any atom is 0.331 e. The Kier molecular flexibility index (Phi) is 4.19. The molecule has 0 spiro atoms. The minimum Gasteiger partial charge on any atom is -0.478 e. The molecule has 0 heterocycles. The van der Waals surface area contributed by atoms with E-state index in [1.54, 1.807) is 13.0 Å². The van der Waals surface area contributed by atoms with Gasteiger partial charge in [-0.3, -0.25) is 0 Å². The van der Waals surface area contributed by atoms with Crippen LogP contribution in [-0.2, 0) is 4.79 Å². The molecule has 1 N–H and O–H groups in total. The first kappa shape index (κ1) is 12.9. The number of hydrogen-bond acceptors (Lipinski definition) is 1. The van der Waals surface area contributed by atoms with Crippen LogP contribution < -0.4 is 0 Å². The van der Waals surface area contributed by atoms with E-state index in [0.29, 0.717) is 11.5 Å². The highest BCUT2D eigenvalue weighted by molar-refractivity contribution is 5.91. The highest BCUT2D eigenvalue weighted by Crippen LogP contribution is 2.32. The Balaban J connectivity index is 2.09. The van der Waals surface area contributed by atoms with E-state index in [2.05, 4.69) is 12.1 Å². The first-order valence-electron chi connectivity index (χ1n) is 6.68. The Bertz CT molecular complexity index is 437. The van der Waals surface area contributed by atoms with Crippen LogP contribution in [0.5, 0.6) is 0 Å². The molecule has 0 unspecified atom stereocenters. The first-order valence-corrected chi connectivity index (χ1v) is 6.68. The standard InChI is InChI=1S/C16H20O2/c1-12(16(17)18)11-13-7-9-15(10-8-13)14-5-3-2-4-6-14/h7-11,14H,2-6H2,1H3,(H,17,18)/b12-11+. The van der Waals surface area contributed by atoms with Gasteiger partial charge in [0.25, 0.3) is 0 Å². The summed E-state index contributed by atoms with van der Waals surface area (Å²) < 4.78 is 0. The van der Waals surface area contributed by atoms with Gasteiger partial charge in [0.15, 0.2) is 0 Å². The van der Waals surface area contributed by atoms with Crippen molar-refractivity contribution in [1.82, 2.24) is 0 Å². The van der Waals surface area contributed by atoms with Crippen LogP contribution in [0.2, 0.25) is 0 Å². The number of rotatable bonds is 3. The predicted octanol–water partition coefficient (Wildman–Crippen LogP) is 4.22. The number of carboxylic acids is 1. The van der Waals surface area contributed by atoms with Crippen LogP contribution in [0.4, 0.5) is 0 Å². The van der Waals surface area contributed by atoms with Gasteiger partial charge in [0, 0.05) is 5.57 Å². The largest absolute Gasteiger partial charge is 0.478 e. The van der Waals surface area contributed by atoms with Crippen LogP contribution in [0.1, 0.15) is 56.1 Å². The van der Waals surface area contributed by atoms with Crippen molar-refractivity contribution in [3.63, 3.8) is 0 Å². The molecule has 0 atom stereocenters. The summed E-state index contributed by atoms with van der Waals surface area (Å²) in [5.41, 5.74) is 2.75. The van der Waals surface area contributed by atoms with Crippen LogP contribution in [0.3, 0.4) is 0 Å². The summed E-state index contributed by atoms with van der Waals surface area (Å²) >= 11 is 0. The molecule has 2 nitrogen and oxygen atoms in total. The summed E-state index contributed by atoms with van der Waals surface area (Å²) in [4.78, 5) is 10.7. The Morgan fingerprint density at radius 2 is 1.78 bits per heavy atom. The number of aliphatic carboxylic acids is 1. The van der Waals surface area contributed by atoms with Gasteiger partial charge in [0.1, 0.15) is 0 Å². The Hall–Kier alpha value is -1.57. The molecule has 0 radical (unpaired) electrons. The number of hydrogen-bond donors (Lipinski definition) is 1. The van der Waals surface area contributed by atoms with Gasteiger partial charge in [0.2, 0.25) is 0 Å². The van der Waals surface area contributed by atoms with Gasteiger partial charge in [-0.2, -0.15) is 0 Å². The SMILES string of the molecule is C/C(=C\c1ccc(C2CCCCC2)cc1)C(=O)O. The molecule has 1 aromatic carbocycles. The highest BCUT2D eigenvalue weighted by atomic mass is 16.4. The molecular weight excluding hydrogens is 224 g/mol. The predicted molar refractivity (Wildman–Crippen MR) is 73.6 cm³/mol. The molecule has 96 valence electrons. The molecule has 1 aliphatic rings. The molecule has 1 saturated carbocycles. The molecule has 1 aliphatic carbocycles. The topological polar surface area (TPSA) is 37.3 Å². The summed E-state index contributed by atoms with van der Waals surface area (Å²) in [5.74, 6) is -0.149. The maximum atomic E-state index is 10.7. The van der Waals surface area contributed by atoms with Gasteiger partial charge in [-0.05, 0) is 42.9 Å². The van der Waals surface area contributed by atoms with Crippen molar-refractivity contribution < 1.29 is 9.90 Å². The molecule has 0 amide bonds.